The van der Waals surface area contributed by atoms with E-state index in [1.54, 1.807) is 0 Å². The molecule has 0 heterocycles. The summed E-state index contributed by atoms with van der Waals surface area (Å²) in [7, 11) is 0. The van der Waals surface area contributed by atoms with Crippen molar-refractivity contribution in [1.82, 2.24) is 10.6 Å². The van der Waals surface area contributed by atoms with Crippen LogP contribution in [0, 0.1) is 5.92 Å². The van der Waals surface area contributed by atoms with Gasteiger partial charge in [0, 0.05) is 12.1 Å². The van der Waals surface area contributed by atoms with Crippen molar-refractivity contribution in [2.45, 2.75) is 97.1 Å². The number of nitrogens with one attached hydrogen (secondary N) is 2. The number of rotatable bonds is 7. The SMILES string of the molecule is CCC(CC)(CNC(=O)OC(C)(C)C)NCC1CCCCCC1. The Morgan fingerprint density at radius 1 is 1.04 bits per heavy atom. The van der Waals surface area contributed by atoms with Gasteiger partial charge in [-0.1, -0.05) is 39.5 Å². The van der Waals surface area contributed by atoms with E-state index in [0.717, 1.165) is 25.3 Å². The molecule has 1 fully saturated rings. The van der Waals surface area contributed by atoms with Crippen molar-refractivity contribution in [2.24, 2.45) is 5.92 Å². The van der Waals surface area contributed by atoms with Crippen LogP contribution < -0.4 is 10.6 Å². The molecule has 0 aliphatic heterocycles. The van der Waals surface area contributed by atoms with Crippen LogP contribution in [0.3, 0.4) is 0 Å². The van der Waals surface area contributed by atoms with Crippen LogP contribution in [0.2, 0.25) is 0 Å². The average Bonchev–Trinajstić information content (AvgIpc) is 2.75. The molecule has 0 atom stereocenters. The molecule has 4 nitrogen and oxygen atoms in total. The summed E-state index contributed by atoms with van der Waals surface area (Å²) in [5.74, 6) is 0.788. The van der Waals surface area contributed by atoms with E-state index in [2.05, 4.69) is 24.5 Å². The maximum atomic E-state index is 11.9. The zero-order valence-electron chi connectivity index (χ0n) is 16.0. The van der Waals surface area contributed by atoms with Crippen LogP contribution >= 0.6 is 0 Å². The van der Waals surface area contributed by atoms with Crippen LogP contribution in [0.5, 0.6) is 0 Å². The number of carbonyl (C=O) groups excluding carboxylic acids is 1. The maximum absolute atomic E-state index is 11.9. The second-order valence-corrected chi connectivity index (χ2v) is 8.08. The van der Waals surface area contributed by atoms with Gasteiger partial charge in [0.05, 0.1) is 0 Å². The number of alkyl carbamates (subject to hydrolysis) is 1. The molecule has 0 radical (unpaired) electrons. The lowest BCUT2D eigenvalue weighted by Gasteiger charge is -2.35. The molecule has 0 spiro atoms. The van der Waals surface area contributed by atoms with Crippen LogP contribution in [0.4, 0.5) is 4.79 Å². The Kier molecular flexibility index (Phi) is 8.38. The van der Waals surface area contributed by atoms with Crippen LogP contribution in [0.25, 0.3) is 0 Å². The summed E-state index contributed by atoms with van der Waals surface area (Å²) in [4.78, 5) is 11.9. The minimum absolute atomic E-state index is 0.0246. The third kappa shape index (κ3) is 8.05. The highest BCUT2D eigenvalue weighted by Gasteiger charge is 2.28. The Labute approximate surface area is 143 Å². The molecule has 1 rings (SSSR count). The van der Waals surface area contributed by atoms with E-state index in [4.69, 9.17) is 4.74 Å². The van der Waals surface area contributed by atoms with Crippen molar-refractivity contribution in [3.8, 4) is 0 Å². The van der Waals surface area contributed by atoms with E-state index < -0.39 is 5.60 Å². The summed E-state index contributed by atoms with van der Waals surface area (Å²) in [5, 5.41) is 6.74. The highest BCUT2D eigenvalue weighted by Crippen LogP contribution is 2.24. The fourth-order valence-electron chi connectivity index (χ4n) is 3.30. The lowest BCUT2D eigenvalue weighted by Crippen LogP contribution is -2.54. The van der Waals surface area contributed by atoms with E-state index in [-0.39, 0.29) is 11.6 Å². The minimum atomic E-state index is -0.445. The van der Waals surface area contributed by atoms with Crippen LogP contribution in [-0.4, -0.2) is 30.3 Å². The van der Waals surface area contributed by atoms with Crippen molar-refractivity contribution in [2.75, 3.05) is 13.1 Å². The molecule has 23 heavy (non-hydrogen) atoms. The molecule has 0 aromatic rings. The van der Waals surface area contributed by atoms with Gasteiger partial charge in [-0.2, -0.15) is 0 Å². The van der Waals surface area contributed by atoms with Crippen LogP contribution in [0.15, 0.2) is 0 Å². The van der Waals surface area contributed by atoms with Gasteiger partial charge >= 0.3 is 6.09 Å². The monoisotopic (exact) mass is 326 g/mol. The normalized spacial score (nSPS) is 17.6. The third-order valence-corrected chi connectivity index (χ3v) is 5.06. The standard InChI is InChI=1S/C19H38N2O2/c1-6-19(7-2,15-20-17(22)23-18(3,4)5)21-14-16-12-10-8-9-11-13-16/h16,21H,6-15H2,1-5H3,(H,20,22). The first-order valence-corrected chi connectivity index (χ1v) is 9.52. The summed E-state index contributed by atoms with van der Waals surface area (Å²) < 4.78 is 5.36. The highest BCUT2D eigenvalue weighted by atomic mass is 16.6. The van der Waals surface area contributed by atoms with Gasteiger partial charge in [0.2, 0.25) is 0 Å². The molecule has 0 saturated heterocycles. The van der Waals surface area contributed by atoms with Gasteiger partial charge in [0.1, 0.15) is 5.60 Å². The number of amides is 1. The molecule has 136 valence electrons. The molecular weight excluding hydrogens is 288 g/mol. The van der Waals surface area contributed by atoms with Gasteiger partial charge in [-0.25, -0.2) is 4.79 Å². The smallest absolute Gasteiger partial charge is 0.407 e. The first-order chi connectivity index (χ1) is 10.8. The quantitative estimate of drug-likeness (QED) is 0.671. The summed E-state index contributed by atoms with van der Waals surface area (Å²) >= 11 is 0. The number of hydrogen-bond acceptors (Lipinski definition) is 3. The summed E-state index contributed by atoms with van der Waals surface area (Å²) in [6.45, 7) is 11.8. The third-order valence-electron chi connectivity index (χ3n) is 5.06. The van der Waals surface area contributed by atoms with Crippen molar-refractivity contribution in [3.05, 3.63) is 0 Å². The van der Waals surface area contributed by atoms with Crippen molar-refractivity contribution >= 4 is 6.09 Å². The Morgan fingerprint density at radius 2 is 1.61 bits per heavy atom. The first kappa shape index (κ1) is 20.3. The fraction of sp³-hybridized carbons (Fsp3) is 0.947. The Morgan fingerprint density at radius 3 is 2.09 bits per heavy atom. The lowest BCUT2D eigenvalue weighted by molar-refractivity contribution is 0.0506. The lowest BCUT2D eigenvalue weighted by atomic mass is 9.90. The zero-order valence-corrected chi connectivity index (χ0v) is 16.0. The maximum Gasteiger partial charge on any atom is 0.407 e. The molecule has 4 heteroatoms. The molecule has 0 bridgehead atoms. The minimum Gasteiger partial charge on any atom is -0.444 e. The molecule has 1 aliphatic carbocycles. The summed E-state index contributed by atoms with van der Waals surface area (Å²) in [6.07, 6.45) is 9.90. The second kappa shape index (κ2) is 9.51. The Balaban J connectivity index is 2.48. The molecule has 0 aromatic heterocycles. The topological polar surface area (TPSA) is 50.4 Å². The number of ether oxygens (including phenoxy) is 1. The predicted molar refractivity (Wildman–Crippen MR) is 96.7 cm³/mol. The first-order valence-electron chi connectivity index (χ1n) is 9.52. The molecule has 2 N–H and O–H groups in total. The predicted octanol–water partition coefficient (Wildman–Crippen LogP) is 4.63. The van der Waals surface area contributed by atoms with Crippen molar-refractivity contribution in [1.29, 1.82) is 0 Å². The van der Waals surface area contributed by atoms with Gasteiger partial charge < -0.3 is 15.4 Å². The van der Waals surface area contributed by atoms with E-state index in [9.17, 15) is 4.79 Å². The van der Waals surface area contributed by atoms with Gasteiger partial charge in [0.15, 0.2) is 0 Å². The highest BCUT2D eigenvalue weighted by molar-refractivity contribution is 5.67. The van der Waals surface area contributed by atoms with E-state index in [1.807, 2.05) is 20.8 Å². The van der Waals surface area contributed by atoms with Crippen molar-refractivity contribution < 1.29 is 9.53 Å². The fourth-order valence-corrected chi connectivity index (χ4v) is 3.30. The van der Waals surface area contributed by atoms with Gasteiger partial charge in [-0.05, 0) is 58.9 Å². The van der Waals surface area contributed by atoms with Gasteiger partial charge in [-0.15, -0.1) is 0 Å². The van der Waals surface area contributed by atoms with E-state index in [0.29, 0.717) is 6.54 Å². The molecule has 1 saturated carbocycles. The second-order valence-electron chi connectivity index (χ2n) is 8.08. The zero-order chi connectivity index (χ0) is 17.3. The molecule has 1 aliphatic rings. The molecular formula is C19H38N2O2. The number of hydrogen-bond donors (Lipinski definition) is 2. The Bertz CT molecular complexity index is 338. The Hall–Kier alpha value is -0.770. The van der Waals surface area contributed by atoms with Gasteiger partial charge in [0.25, 0.3) is 0 Å². The van der Waals surface area contributed by atoms with Crippen LogP contribution in [0.1, 0.15) is 86.0 Å². The van der Waals surface area contributed by atoms with Crippen molar-refractivity contribution in [3.63, 3.8) is 0 Å². The largest absolute Gasteiger partial charge is 0.444 e. The molecule has 0 aromatic carbocycles. The average molecular weight is 327 g/mol. The van der Waals surface area contributed by atoms with E-state index in [1.165, 1.54) is 38.5 Å². The van der Waals surface area contributed by atoms with Crippen LogP contribution in [-0.2, 0) is 4.74 Å². The molecule has 1 amide bonds. The summed E-state index contributed by atoms with van der Waals surface area (Å²) in [5.41, 5.74) is -0.470. The molecule has 0 unspecified atom stereocenters. The number of carbonyl (C=O) groups is 1. The van der Waals surface area contributed by atoms with E-state index >= 15 is 0 Å². The van der Waals surface area contributed by atoms with Gasteiger partial charge in [-0.3, -0.25) is 0 Å². The summed E-state index contributed by atoms with van der Waals surface area (Å²) in [6, 6.07) is 0.